The average molecular weight is 299 g/mol. The van der Waals surface area contributed by atoms with Gasteiger partial charge in [-0.3, -0.25) is 14.9 Å². The molecule has 0 bridgehead atoms. The van der Waals surface area contributed by atoms with Gasteiger partial charge in [-0.05, 0) is 31.5 Å². The molecule has 0 spiro atoms. The molecule has 0 aliphatic carbocycles. The smallest absolute Gasteiger partial charge is 0.269 e. The van der Waals surface area contributed by atoms with Gasteiger partial charge in [0.25, 0.3) is 5.69 Å². The summed E-state index contributed by atoms with van der Waals surface area (Å²) in [5.74, 6) is 0.445. The SMILES string of the molecule is CC(=O)C1=C(C)n2ncnc2NC1c1ccc([N+](=O)[O-])cc1. The third-order valence-corrected chi connectivity index (χ3v) is 3.63. The number of allylic oxidation sites excluding steroid dienone is 1. The molecule has 2 heterocycles. The van der Waals surface area contributed by atoms with E-state index in [4.69, 9.17) is 0 Å². The third kappa shape index (κ3) is 2.14. The van der Waals surface area contributed by atoms with Crippen molar-refractivity contribution in [2.45, 2.75) is 19.9 Å². The van der Waals surface area contributed by atoms with Crippen LogP contribution in [-0.4, -0.2) is 25.5 Å². The Morgan fingerprint density at radius 1 is 1.36 bits per heavy atom. The molecule has 1 atom stereocenters. The van der Waals surface area contributed by atoms with Gasteiger partial charge in [0.15, 0.2) is 5.78 Å². The minimum absolute atomic E-state index is 0.00722. The topological polar surface area (TPSA) is 103 Å². The van der Waals surface area contributed by atoms with Crippen molar-refractivity contribution in [3.8, 4) is 0 Å². The lowest BCUT2D eigenvalue weighted by Crippen LogP contribution is -2.26. The lowest BCUT2D eigenvalue weighted by atomic mass is 9.93. The number of Topliss-reactive ketones (excluding diaryl/α,β-unsaturated/α-hetero) is 1. The Morgan fingerprint density at radius 3 is 2.64 bits per heavy atom. The number of nitrogens with one attached hydrogen (secondary N) is 1. The Balaban J connectivity index is 2.08. The van der Waals surface area contributed by atoms with Crippen molar-refractivity contribution < 1.29 is 9.72 Å². The summed E-state index contributed by atoms with van der Waals surface area (Å²) in [6.45, 7) is 3.29. The van der Waals surface area contributed by atoms with Crippen molar-refractivity contribution in [1.82, 2.24) is 14.8 Å². The van der Waals surface area contributed by atoms with Crippen LogP contribution in [0, 0.1) is 10.1 Å². The number of rotatable bonds is 3. The normalized spacial score (nSPS) is 16.9. The van der Waals surface area contributed by atoms with Crippen LogP contribution in [0.2, 0.25) is 0 Å². The van der Waals surface area contributed by atoms with Crippen LogP contribution in [-0.2, 0) is 4.79 Å². The van der Waals surface area contributed by atoms with E-state index in [2.05, 4.69) is 15.4 Å². The van der Waals surface area contributed by atoms with Gasteiger partial charge >= 0.3 is 0 Å². The molecule has 1 N–H and O–H groups in total. The van der Waals surface area contributed by atoms with E-state index in [0.29, 0.717) is 17.2 Å². The monoisotopic (exact) mass is 299 g/mol. The van der Waals surface area contributed by atoms with Gasteiger partial charge in [-0.25, -0.2) is 4.68 Å². The zero-order valence-corrected chi connectivity index (χ0v) is 12.0. The summed E-state index contributed by atoms with van der Waals surface area (Å²) in [6.07, 6.45) is 1.40. The van der Waals surface area contributed by atoms with Crippen LogP contribution < -0.4 is 5.32 Å². The van der Waals surface area contributed by atoms with Crippen molar-refractivity contribution in [3.05, 3.63) is 51.8 Å². The fourth-order valence-electron chi connectivity index (χ4n) is 2.61. The number of ketones is 1. The lowest BCUT2D eigenvalue weighted by molar-refractivity contribution is -0.384. The number of carbonyl (C=O) groups excluding carboxylic acids is 1. The van der Waals surface area contributed by atoms with Crippen LogP contribution in [0.5, 0.6) is 0 Å². The summed E-state index contributed by atoms with van der Waals surface area (Å²) in [5, 5.41) is 18.0. The summed E-state index contributed by atoms with van der Waals surface area (Å²) in [7, 11) is 0. The number of carbonyl (C=O) groups is 1. The van der Waals surface area contributed by atoms with Crippen molar-refractivity contribution in [1.29, 1.82) is 0 Å². The Hall–Kier alpha value is -3.03. The van der Waals surface area contributed by atoms with Crippen molar-refractivity contribution in [3.63, 3.8) is 0 Å². The summed E-state index contributed by atoms with van der Waals surface area (Å²) in [6, 6.07) is 5.71. The van der Waals surface area contributed by atoms with E-state index in [1.54, 1.807) is 23.7 Å². The fraction of sp³-hybridized carbons (Fsp3) is 0.214. The number of nitrogens with zero attached hydrogens (tertiary/aromatic N) is 4. The van der Waals surface area contributed by atoms with Gasteiger partial charge in [0.05, 0.1) is 16.7 Å². The molecule has 8 nitrogen and oxygen atoms in total. The number of fused-ring (bicyclic) bond motifs is 1. The summed E-state index contributed by atoms with van der Waals surface area (Å²) in [5.41, 5.74) is 2.02. The minimum atomic E-state index is -0.457. The van der Waals surface area contributed by atoms with Crippen molar-refractivity contribution >= 4 is 23.1 Å². The maximum absolute atomic E-state index is 12.0. The molecular formula is C14H13N5O3. The number of hydrogen-bond donors (Lipinski definition) is 1. The van der Waals surface area contributed by atoms with Gasteiger partial charge in [0.1, 0.15) is 6.33 Å². The van der Waals surface area contributed by atoms with Crippen LogP contribution in [0.25, 0.3) is 5.70 Å². The Kier molecular flexibility index (Phi) is 3.21. The molecule has 0 saturated carbocycles. The predicted molar refractivity (Wildman–Crippen MR) is 79.1 cm³/mol. The highest BCUT2D eigenvalue weighted by Crippen LogP contribution is 2.35. The second kappa shape index (κ2) is 5.06. The zero-order valence-electron chi connectivity index (χ0n) is 12.0. The number of non-ortho nitro benzene ring substituents is 1. The number of benzene rings is 1. The molecule has 0 radical (unpaired) electrons. The van der Waals surface area contributed by atoms with Gasteiger partial charge in [-0.2, -0.15) is 10.1 Å². The highest BCUT2D eigenvalue weighted by molar-refractivity contribution is 6.01. The third-order valence-electron chi connectivity index (χ3n) is 3.63. The summed E-state index contributed by atoms with van der Waals surface area (Å²) in [4.78, 5) is 26.4. The Morgan fingerprint density at radius 2 is 2.05 bits per heavy atom. The van der Waals surface area contributed by atoms with E-state index >= 15 is 0 Å². The number of aromatic nitrogens is 3. The molecule has 1 unspecified atom stereocenters. The first-order valence-corrected chi connectivity index (χ1v) is 6.62. The first kappa shape index (κ1) is 13.9. The predicted octanol–water partition coefficient (Wildman–Crippen LogP) is 2.17. The largest absolute Gasteiger partial charge is 0.343 e. The molecule has 8 heteroatoms. The van der Waals surface area contributed by atoms with Gasteiger partial charge in [-0.15, -0.1) is 0 Å². The molecule has 0 fully saturated rings. The molecule has 22 heavy (non-hydrogen) atoms. The Bertz CT molecular complexity index is 791. The van der Waals surface area contributed by atoms with Gasteiger partial charge in [0.2, 0.25) is 5.95 Å². The van der Waals surface area contributed by atoms with E-state index < -0.39 is 11.0 Å². The van der Waals surface area contributed by atoms with Gasteiger partial charge in [0, 0.05) is 17.7 Å². The first-order valence-electron chi connectivity index (χ1n) is 6.62. The van der Waals surface area contributed by atoms with Crippen LogP contribution >= 0.6 is 0 Å². The van der Waals surface area contributed by atoms with E-state index in [1.807, 2.05) is 0 Å². The molecule has 2 aromatic rings. The Labute approximate surface area is 125 Å². The summed E-state index contributed by atoms with van der Waals surface area (Å²) >= 11 is 0. The second-order valence-corrected chi connectivity index (χ2v) is 4.98. The van der Waals surface area contributed by atoms with Crippen molar-refractivity contribution in [2.24, 2.45) is 0 Å². The minimum Gasteiger partial charge on any atom is -0.343 e. The lowest BCUT2D eigenvalue weighted by Gasteiger charge is -2.28. The van der Waals surface area contributed by atoms with Crippen LogP contribution in [0.3, 0.4) is 0 Å². The zero-order chi connectivity index (χ0) is 15.9. The molecule has 0 amide bonds. The van der Waals surface area contributed by atoms with E-state index in [9.17, 15) is 14.9 Å². The average Bonchev–Trinajstić information content (AvgIpc) is 2.95. The van der Waals surface area contributed by atoms with E-state index in [0.717, 1.165) is 5.56 Å². The maximum Gasteiger partial charge on any atom is 0.269 e. The standard InChI is InChI=1S/C14H13N5O3/c1-8-12(9(2)20)13(17-14-15-7-16-18(8)14)10-3-5-11(6-4-10)19(21)22/h3-7,13H,1-2H3,(H,15,16,17). The first-order chi connectivity index (χ1) is 10.5. The summed E-state index contributed by atoms with van der Waals surface area (Å²) < 4.78 is 1.57. The maximum atomic E-state index is 12.0. The molecule has 1 aromatic carbocycles. The van der Waals surface area contributed by atoms with Crippen LogP contribution in [0.4, 0.5) is 11.6 Å². The number of anilines is 1. The molecular weight excluding hydrogens is 286 g/mol. The van der Waals surface area contributed by atoms with Crippen molar-refractivity contribution in [2.75, 3.05) is 5.32 Å². The second-order valence-electron chi connectivity index (χ2n) is 4.98. The molecule has 1 aromatic heterocycles. The highest BCUT2D eigenvalue weighted by Gasteiger charge is 2.30. The number of hydrogen-bond acceptors (Lipinski definition) is 6. The molecule has 3 rings (SSSR count). The molecule has 0 saturated heterocycles. The van der Waals surface area contributed by atoms with Gasteiger partial charge in [-0.1, -0.05) is 0 Å². The fourth-order valence-corrected chi connectivity index (χ4v) is 2.61. The number of nitro groups is 1. The molecule has 1 aliphatic heterocycles. The van der Waals surface area contributed by atoms with E-state index in [-0.39, 0.29) is 11.5 Å². The number of nitro benzene ring substituents is 1. The van der Waals surface area contributed by atoms with Crippen LogP contribution in [0.15, 0.2) is 36.2 Å². The molecule has 1 aliphatic rings. The molecule has 112 valence electrons. The van der Waals surface area contributed by atoms with Crippen LogP contribution in [0.1, 0.15) is 25.5 Å². The van der Waals surface area contributed by atoms with Gasteiger partial charge < -0.3 is 5.32 Å². The quantitative estimate of drug-likeness (QED) is 0.688. The highest BCUT2D eigenvalue weighted by atomic mass is 16.6. The van der Waals surface area contributed by atoms with E-state index in [1.165, 1.54) is 25.4 Å².